The van der Waals surface area contributed by atoms with Crippen LogP contribution in [-0.4, -0.2) is 41.2 Å². The van der Waals surface area contributed by atoms with Crippen molar-refractivity contribution in [2.24, 2.45) is 5.92 Å². The van der Waals surface area contributed by atoms with Crippen LogP contribution in [0, 0.1) is 5.92 Å². The molecule has 2 rings (SSSR count). The van der Waals surface area contributed by atoms with Crippen molar-refractivity contribution in [3.63, 3.8) is 0 Å². The van der Waals surface area contributed by atoms with Crippen molar-refractivity contribution in [3.8, 4) is 6.01 Å². The van der Waals surface area contributed by atoms with Gasteiger partial charge in [0.1, 0.15) is 0 Å². The first kappa shape index (κ1) is 15.8. The number of nitrogens with zero attached hydrogens (tertiary/aromatic N) is 4. The first-order chi connectivity index (χ1) is 10.3. The second kappa shape index (κ2) is 8.00. The fourth-order valence-electron chi connectivity index (χ4n) is 2.58. The van der Waals surface area contributed by atoms with Gasteiger partial charge in [0, 0.05) is 19.6 Å². The minimum atomic E-state index is 0.416. The van der Waals surface area contributed by atoms with E-state index in [9.17, 15) is 0 Å². The molecule has 1 aromatic heterocycles. The van der Waals surface area contributed by atoms with Crippen molar-refractivity contribution < 1.29 is 4.74 Å². The normalized spacial score (nSPS) is 18.6. The van der Waals surface area contributed by atoms with Gasteiger partial charge in [0.2, 0.25) is 11.9 Å². The molecule has 1 atom stereocenters. The van der Waals surface area contributed by atoms with Crippen LogP contribution in [0.4, 0.5) is 11.9 Å². The molecule has 0 aromatic carbocycles. The highest BCUT2D eigenvalue weighted by atomic mass is 16.5. The van der Waals surface area contributed by atoms with Gasteiger partial charge in [-0.25, -0.2) is 0 Å². The van der Waals surface area contributed by atoms with Crippen molar-refractivity contribution in [1.82, 2.24) is 15.0 Å². The Kier molecular flexibility index (Phi) is 6.02. The fourth-order valence-corrected chi connectivity index (χ4v) is 2.58. The Morgan fingerprint density at radius 3 is 2.81 bits per heavy atom. The minimum Gasteiger partial charge on any atom is -0.464 e. The highest BCUT2D eigenvalue weighted by Gasteiger charge is 2.22. The summed E-state index contributed by atoms with van der Waals surface area (Å²) in [5, 5.41) is 3.23. The maximum Gasteiger partial charge on any atom is 0.323 e. The lowest BCUT2D eigenvalue weighted by Crippen LogP contribution is -2.36. The summed E-state index contributed by atoms with van der Waals surface area (Å²) < 4.78 is 5.48. The highest BCUT2D eigenvalue weighted by Crippen LogP contribution is 2.24. The van der Waals surface area contributed by atoms with Gasteiger partial charge in [-0.05, 0) is 32.1 Å². The summed E-state index contributed by atoms with van der Waals surface area (Å²) in [5.74, 6) is 2.09. The maximum atomic E-state index is 5.48. The molecule has 1 aliphatic rings. The van der Waals surface area contributed by atoms with Crippen LogP contribution in [-0.2, 0) is 0 Å². The van der Waals surface area contributed by atoms with Gasteiger partial charge in [0.15, 0.2) is 0 Å². The summed E-state index contributed by atoms with van der Waals surface area (Å²) in [6.07, 6.45) is 4.75. The lowest BCUT2D eigenvalue weighted by atomic mass is 9.96. The van der Waals surface area contributed by atoms with Crippen molar-refractivity contribution in [3.05, 3.63) is 0 Å². The fraction of sp³-hybridized carbons (Fsp3) is 0.800. The molecule has 0 aliphatic carbocycles. The number of ether oxygens (including phenoxy) is 1. The molecule has 1 N–H and O–H groups in total. The second-order valence-electron chi connectivity index (χ2n) is 5.46. The van der Waals surface area contributed by atoms with Crippen molar-refractivity contribution in [2.45, 2.75) is 46.5 Å². The van der Waals surface area contributed by atoms with Gasteiger partial charge in [-0.2, -0.15) is 15.0 Å². The molecule has 0 saturated carbocycles. The summed E-state index contributed by atoms with van der Waals surface area (Å²) in [6.45, 7) is 9.77. The first-order valence-corrected chi connectivity index (χ1v) is 8.14. The van der Waals surface area contributed by atoms with E-state index in [1.54, 1.807) is 0 Å². The topological polar surface area (TPSA) is 63.2 Å². The van der Waals surface area contributed by atoms with Crippen LogP contribution in [0.15, 0.2) is 0 Å². The highest BCUT2D eigenvalue weighted by molar-refractivity contribution is 5.38. The van der Waals surface area contributed by atoms with Gasteiger partial charge in [-0.15, -0.1) is 0 Å². The number of anilines is 2. The Labute approximate surface area is 127 Å². The smallest absolute Gasteiger partial charge is 0.323 e. The standard InChI is InChI=1S/C15H27N5O/c1-4-9-16-13-17-14(19-15(18-13)21-6-3)20-10-7-8-12(5-2)11-20/h12H,4-11H2,1-3H3,(H,16,17,18,19). The van der Waals surface area contributed by atoms with Crippen LogP contribution < -0.4 is 15.0 Å². The molecular weight excluding hydrogens is 266 g/mol. The van der Waals surface area contributed by atoms with Gasteiger partial charge < -0.3 is 15.0 Å². The van der Waals surface area contributed by atoms with Crippen LogP contribution in [0.2, 0.25) is 0 Å². The average Bonchev–Trinajstić information content (AvgIpc) is 2.53. The third kappa shape index (κ3) is 4.44. The molecule has 1 unspecified atom stereocenters. The maximum absolute atomic E-state index is 5.48. The number of nitrogens with one attached hydrogen (secondary N) is 1. The lowest BCUT2D eigenvalue weighted by molar-refractivity contribution is 0.311. The molecule has 1 fully saturated rings. The monoisotopic (exact) mass is 293 g/mol. The third-order valence-corrected chi connectivity index (χ3v) is 3.79. The molecule has 0 bridgehead atoms. The Hall–Kier alpha value is -1.59. The third-order valence-electron chi connectivity index (χ3n) is 3.79. The zero-order valence-corrected chi connectivity index (χ0v) is 13.4. The summed E-state index contributed by atoms with van der Waals surface area (Å²) in [7, 11) is 0. The number of hydrogen-bond acceptors (Lipinski definition) is 6. The van der Waals surface area contributed by atoms with E-state index in [4.69, 9.17) is 4.74 Å². The molecule has 0 amide bonds. The van der Waals surface area contributed by atoms with Gasteiger partial charge in [0.05, 0.1) is 6.61 Å². The van der Waals surface area contributed by atoms with Gasteiger partial charge in [0.25, 0.3) is 0 Å². The quantitative estimate of drug-likeness (QED) is 0.834. The Morgan fingerprint density at radius 2 is 2.10 bits per heavy atom. The lowest BCUT2D eigenvalue weighted by Gasteiger charge is -2.32. The van der Waals surface area contributed by atoms with Crippen LogP contribution in [0.3, 0.4) is 0 Å². The molecule has 0 radical (unpaired) electrons. The molecule has 6 nitrogen and oxygen atoms in total. The molecule has 1 aliphatic heterocycles. The molecule has 6 heteroatoms. The minimum absolute atomic E-state index is 0.416. The summed E-state index contributed by atoms with van der Waals surface area (Å²) >= 11 is 0. The average molecular weight is 293 g/mol. The van der Waals surface area contributed by atoms with Crippen LogP contribution in [0.5, 0.6) is 6.01 Å². The zero-order valence-electron chi connectivity index (χ0n) is 13.4. The number of aromatic nitrogens is 3. The molecule has 21 heavy (non-hydrogen) atoms. The number of piperidine rings is 1. The number of hydrogen-bond donors (Lipinski definition) is 1. The van der Waals surface area contributed by atoms with E-state index in [1.807, 2.05) is 6.92 Å². The van der Waals surface area contributed by atoms with Crippen LogP contribution >= 0.6 is 0 Å². The van der Waals surface area contributed by atoms with Gasteiger partial charge in [-0.1, -0.05) is 20.3 Å². The van der Waals surface area contributed by atoms with Gasteiger partial charge in [-0.3, -0.25) is 0 Å². The summed E-state index contributed by atoms with van der Waals surface area (Å²) in [4.78, 5) is 15.6. The van der Waals surface area contributed by atoms with E-state index in [0.717, 1.165) is 37.9 Å². The molecule has 118 valence electrons. The van der Waals surface area contributed by atoms with E-state index in [-0.39, 0.29) is 0 Å². The Morgan fingerprint density at radius 1 is 1.24 bits per heavy atom. The first-order valence-electron chi connectivity index (χ1n) is 8.14. The summed E-state index contributed by atoms with van der Waals surface area (Å²) in [5.41, 5.74) is 0. The van der Waals surface area contributed by atoms with E-state index >= 15 is 0 Å². The Balaban J connectivity index is 2.17. The molecular formula is C15H27N5O. The molecule has 1 saturated heterocycles. The van der Waals surface area contributed by atoms with Gasteiger partial charge >= 0.3 is 6.01 Å². The molecule has 2 heterocycles. The number of rotatable bonds is 7. The SMILES string of the molecule is CCCNc1nc(OCC)nc(N2CCCC(CC)C2)n1. The van der Waals surface area contributed by atoms with E-state index in [0.29, 0.717) is 18.6 Å². The predicted molar refractivity (Wildman–Crippen MR) is 85.0 cm³/mol. The second-order valence-corrected chi connectivity index (χ2v) is 5.46. The van der Waals surface area contributed by atoms with E-state index in [1.165, 1.54) is 19.3 Å². The zero-order chi connectivity index (χ0) is 15.1. The van der Waals surface area contributed by atoms with Crippen molar-refractivity contribution in [2.75, 3.05) is 36.5 Å². The van der Waals surface area contributed by atoms with Crippen molar-refractivity contribution in [1.29, 1.82) is 0 Å². The largest absolute Gasteiger partial charge is 0.464 e. The predicted octanol–water partition coefficient (Wildman–Crippen LogP) is 2.72. The van der Waals surface area contributed by atoms with Crippen molar-refractivity contribution >= 4 is 11.9 Å². The summed E-state index contributed by atoms with van der Waals surface area (Å²) in [6, 6.07) is 0.416. The van der Waals surface area contributed by atoms with Crippen LogP contribution in [0.1, 0.15) is 46.5 Å². The molecule has 0 spiro atoms. The Bertz CT molecular complexity index is 440. The van der Waals surface area contributed by atoms with E-state index in [2.05, 4.69) is 39.0 Å². The van der Waals surface area contributed by atoms with E-state index < -0.39 is 0 Å². The molecule has 1 aromatic rings. The van der Waals surface area contributed by atoms with Crippen LogP contribution in [0.25, 0.3) is 0 Å².